The van der Waals surface area contributed by atoms with Crippen molar-refractivity contribution in [3.8, 4) is 17.6 Å². The Balaban J connectivity index is 2.40. The van der Waals surface area contributed by atoms with Crippen molar-refractivity contribution in [1.29, 1.82) is 5.26 Å². The van der Waals surface area contributed by atoms with E-state index >= 15 is 0 Å². The van der Waals surface area contributed by atoms with E-state index < -0.39 is 11.6 Å². The third-order valence-electron chi connectivity index (χ3n) is 2.44. The van der Waals surface area contributed by atoms with Gasteiger partial charge in [-0.15, -0.1) is 0 Å². The fourth-order valence-electron chi connectivity index (χ4n) is 1.53. The smallest absolute Gasteiger partial charge is 0.162 e. The van der Waals surface area contributed by atoms with E-state index in [1.165, 1.54) is 6.07 Å². The first kappa shape index (κ1) is 12.1. The summed E-state index contributed by atoms with van der Waals surface area (Å²) in [7, 11) is 0. The number of ether oxygens (including phenoxy) is 1. The lowest BCUT2D eigenvalue weighted by Crippen LogP contribution is -1.93. The molecule has 0 unspecified atom stereocenters. The maximum Gasteiger partial charge on any atom is 0.162 e. The number of rotatable bonds is 2. The summed E-state index contributed by atoms with van der Waals surface area (Å²) in [5.74, 6) is -1.42. The van der Waals surface area contributed by atoms with Gasteiger partial charge in [0.05, 0.1) is 5.56 Å². The van der Waals surface area contributed by atoms with Crippen LogP contribution in [0.25, 0.3) is 0 Å². The second-order valence-corrected chi connectivity index (χ2v) is 3.74. The normalized spacial score (nSPS) is 9.89. The molecule has 0 aliphatic carbocycles. The van der Waals surface area contributed by atoms with Crippen LogP contribution in [-0.2, 0) is 0 Å². The van der Waals surface area contributed by atoms with Crippen LogP contribution in [0.2, 0.25) is 0 Å². The largest absolute Gasteiger partial charge is 0.456 e. The number of para-hydroxylation sites is 1. The Labute approximate surface area is 103 Å². The molecule has 0 aliphatic heterocycles. The van der Waals surface area contributed by atoms with Gasteiger partial charge in [-0.3, -0.25) is 0 Å². The minimum Gasteiger partial charge on any atom is -0.456 e. The summed E-state index contributed by atoms with van der Waals surface area (Å²) < 4.78 is 31.3. The quantitative estimate of drug-likeness (QED) is 0.802. The van der Waals surface area contributed by atoms with E-state index in [9.17, 15) is 8.78 Å². The lowest BCUT2D eigenvalue weighted by molar-refractivity contribution is 0.458. The van der Waals surface area contributed by atoms with Gasteiger partial charge in [-0.2, -0.15) is 5.26 Å². The van der Waals surface area contributed by atoms with Crippen molar-refractivity contribution in [1.82, 2.24) is 0 Å². The van der Waals surface area contributed by atoms with Gasteiger partial charge in [0, 0.05) is 6.07 Å². The van der Waals surface area contributed by atoms with Gasteiger partial charge in [0.15, 0.2) is 11.6 Å². The zero-order valence-electron chi connectivity index (χ0n) is 9.58. The van der Waals surface area contributed by atoms with Gasteiger partial charge in [0.2, 0.25) is 0 Å². The molecule has 0 N–H and O–H groups in total. The molecule has 0 heterocycles. The summed E-state index contributed by atoms with van der Waals surface area (Å²) >= 11 is 0. The van der Waals surface area contributed by atoms with E-state index in [2.05, 4.69) is 0 Å². The second kappa shape index (κ2) is 4.84. The Morgan fingerprint density at radius 3 is 2.56 bits per heavy atom. The van der Waals surface area contributed by atoms with Crippen molar-refractivity contribution in [3.05, 3.63) is 59.2 Å². The number of benzene rings is 2. The van der Waals surface area contributed by atoms with Gasteiger partial charge in [0.25, 0.3) is 0 Å². The monoisotopic (exact) mass is 245 g/mol. The Bertz CT molecular complexity index is 632. The number of hydrogen-bond donors (Lipinski definition) is 0. The number of aryl methyl sites for hydroxylation is 1. The van der Waals surface area contributed by atoms with Crippen molar-refractivity contribution >= 4 is 0 Å². The van der Waals surface area contributed by atoms with E-state index in [0.717, 1.165) is 17.7 Å². The average Bonchev–Trinajstić information content (AvgIpc) is 2.36. The molecule has 0 saturated heterocycles. The Morgan fingerprint density at radius 1 is 1.11 bits per heavy atom. The minimum atomic E-state index is -0.986. The molecule has 0 radical (unpaired) electrons. The zero-order chi connectivity index (χ0) is 13.1. The molecule has 2 rings (SSSR count). The van der Waals surface area contributed by atoms with Gasteiger partial charge in [-0.25, -0.2) is 8.78 Å². The molecule has 90 valence electrons. The van der Waals surface area contributed by atoms with Crippen LogP contribution in [0.4, 0.5) is 8.78 Å². The van der Waals surface area contributed by atoms with Crippen LogP contribution < -0.4 is 4.74 Å². The summed E-state index contributed by atoms with van der Waals surface area (Å²) in [4.78, 5) is 0. The first-order chi connectivity index (χ1) is 8.61. The number of nitrogens with zero attached hydrogens (tertiary/aromatic N) is 1. The van der Waals surface area contributed by atoms with Crippen LogP contribution in [0.3, 0.4) is 0 Å². The SMILES string of the molecule is Cc1cccc(C#N)c1Oc1ccc(F)c(F)c1. The molecule has 0 saturated carbocycles. The van der Waals surface area contributed by atoms with E-state index in [1.807, 2.05) is 6.07 Å². The lowest BCUT2D eigenvalue weighted by Gasteiger charge is -2.10. The van der Waals surface area contributed by atoms with Crippen molar-refractivity contribution in [2.45, 2.75) is 6.92 Å². The van der Waals surface area contributed by atoms with Crippen LogP contribution >= 0.6 is 0 Å². The number of hydrogen-bond acceptors (Lipinski definition) is 2. The Morgan fingerprint density at radius 2 is 1.89 bits per heavy atom. The summed E-state index contributed by atoms with van der Waals surface area (Å²) in [5.41, 5.74) is 1.10. The van der Waals surface area contributed by atoms with Crippen LogP contribution in [0.15, 0.2) is 36.4 Å². The molecule has 2 aromatic carbocycles. The topological polar surface area (TPSA) is 33.0 Å². The lowest BCUT2D eigenvalue weighted by atomic mass is 10.1. The van der Waals surface area contributed by atoms with Crippen molar-refractivity contribution in [2.75, 3.05) is 0 Å². The molecule has 0 fully saturated rings. The van der Waals surface area contributed by atoms with Crippen molar-refractivity contribution < 1.29 is 13.5 Å². The molecular weight excluding hydrogens is 236 g/mol. The van der Waals surface area contributed by atoms with E-state index in [0.29, 0.717) is 11.3 Å². The van der Waals surface area contributed by atoms with Crippen molar-refractivity contribution in [3.63, 3.8) is 0 Å². The van der Waals surface area contributed by atoms with Gasteiger partial charge in [-0.1, -0.05) is 12.1 Å². The van der Waals surface area contributed by atoms with Gasteiger partial charge in [0.1, 0.15) is 17.6 Å². The second-order valence-electron chi connectivity index (χ2n) is 3.74. The molecule has 0 bridgehead atoms. The highest BCUT2D eigenvalue weighted by molar-refractivity contribution is 5.49. The first-order valence-electron chi connectivity index (χ1n) is 5.24. The fraction of sp³-hybridized carbons (Fsp3) is 0.0714. The van der Waals surface area contributed by atoms with E-state index in [4.69, 9.17) is 10.00 Å². The molecular formula is C14H9F2NO. The fourth-order valence-corrected chi connectivity index (χ4v) is 1.53. The summed E-state index contributed by atoms with van der Waals surface area (Å²) in [6.45, 7) is 1.77. The maximum atomic E-state index is 13.0. The third kappa shape index (κ3) is 2.30. The Kier molecular flexibility index (Phi) is 3.24. The summed E-state index contributed by atoms with van der Waals surface area (Å²) in [5, 5.41) is 8.96. The third-order valence-corrected chi connectivity index (χ3v) is 2.44. The molecule has 0 spiro atoms. The summed E-state index contributed by atoms with van der Waals surface area (Å²) in [6.07, 6.45) is 0. The zero-order valence-corrected chi connectivity index (χ0v) is 9.58. The molecule has 2 nitrogen and oxygen atoms in total. The van der Waals surface area contributed by atoms with Crippen LogP contribution in [0.1, 0.15) is 11.1 Å². The maximum absolute atomic E-state index is 13.0. The molecule has 0 aliphatic rings. The highest BCUT2D eigenvalue weighted by atomic mass is 19.2. The van der Waals surface area contributed by atoms with E-state index in [1.54, 1.807) is 25.1 Å². The molecule has 2 aromatic rings. The number of halogens is 2. The first-order valence-corrected chi connectivity index (χ1v) is 5.24. The Hall–Kier alpha value is -2.41. The van der Waals surface area contributed by atoms with Crippen LogP contribution in [0, 0.1) is 29.9 Å². The molecule has 4 heteroatoms. The molecule has 0 amide bonds. The summed E-state index contributed by atoms with van der Waals surface area (Å²) in [6, 6.07) is 10.3. The number of nitriles is 1. The highest BCUT2D eigenvalue weighted by Crippen LogP contribution is 2.29. The van der Waals surface area contributed by atoms with Gasteiger partial charge < -0.3 is 4.74 Å². The molecule has 18 heavy (non-hydrogen) atoms. The highest BCUT2D eigenvalue weighted by Gasteiger charge is 2.09. The molecule has 0 aromatic heterocycles. The standard InChI is InChI=1S/C14H9F2NO/c1-9-3-2-4-10(8-17)14(9)18-11-5-6-12(15)13(16)7-11/h2-7H,1H3. The van der Waals surface area contributed by atoms with Crippen LogP contribution in [0.5, 0.6) is 11.5 Å². The van der Waals surface area contributed by atoms with E-state index in [-0.39, 0.29) is 5.75 Å². The van der Waals surface area contributed by atoms with Gasteiger partial charge >= 0.3 is 0 Å². The van der Waals surface area contributed by atoms with Crippen molar-refractivity contribution in [2.24, 2.45) is 0 Å². The average molecular weight is 245 g/mol. The van der Waals surface area contributed by atoms with Gasteiger partial charge in [-0.05, 0) is 30.7 Å². The van der Waals surface area contributed by atoms with Crippen LogP contribution in [-0.4, -0.2) is 0 Å². The minimum absolute atomic E-state index is 0.153. The predicted octanol–water partition coefficient (Wildman–Crippen LogP) is 3.94. The molecule has 0 atom stereocenters. The predicted molar refractivity (Wildman–Crippen MR) is 62.3 cm³/mol.